The average Bonchev–Trinajstić information content (AvgIpc) is 2.44. The maximum absolute atomic E-state index is 12.4. The first-order chi connectivity index (χ1) is 10.3. The van der Waals surface area contributed by atoms with Gasteiger partial charge in [-0.15, -0.1) is 12.4 Å². The van der Waals surface area contributed by atoms with Gasteiger partial charge in [-0.25, -0.2) is 13.1 Å². The largest absolute Gasteiger partial charge is 0.383 e. The van der Waals surface area contributed by atoms with Crippen molar-refractivity contribution in [3.05, 3.63) is 33.4 Å². The van der Waals surface area contributed by atoms with Gasteiger partial charge in [0.15, 0.2) is 4.90 Å². The van der Waals surface area contributed by atoms with E-state index in [1.807, 2.05) is 0 Å². The Kier molecular flexibility index (Phi) is 9.25. The number of nitro benzene ring substituents is 1. The zero-order chi connectivity index (χ0) is 16.8. The van der Waals surface area contributed by atoms with E-state index in [0.29, 0.717) is 30.8 Å². The molecule has 0 aliphatic rings. The lowest BCUT2D eigenvalue weighted by molar-refractivity contribution is -0.388. The van der Waals surface area contributed by atoms with Crippen LogP contribution in [-0.4, -0.2) is 46.7 Å². The highest BCUT2D eigenvalue weighted by Crippen LogP contribution is 2.30. The molecule has 0 aliphatic heterocycles. The lowest BCUT2D eigenvalue weighted by Crippen LogP contribution is -2.33. The van der Waals surface area contributed by atoms with Gasteiger partial charge in [0.2, 0.25) is 10.0 Å². The van der Waals surface area contributed by atoms with E-state index in [9.17, 15) is 18.5 Å². The van der Waals surface area contributed by atoms with E-state index in [2.05, 4.69) is 10.0 Å². The third-order valence-electron chi connectivity index (χ3n) is 3.06. The molecule has 0 saturated carbocycles. The van der Waals surface area contributed by atoms with Crippen molar-refractivity contribution < 1.29 is 18.1 Å². The number of ether oxygens (including phenoxy) is 1. The molecule has 1 aromatic rings. The van der Waals surface area contributed by atoms with E-state index < -0.39 is 14.9 Å². The lowest BCUT2D eigenvalue weighted by atomic mass is 10.1. The number of nitrogens with zero attached hydrogens (tertiary/aromatic N) is 1. The number of sulfonamides is 1. The summed E-state index contributed by atoms with van der Waals surface area (Å²) in [6, 6.07) is 3.10. The second kappa shape index (κ2) is 9.78. The molecule has 0 unspecified atom stereocenters. The van der Waals surface area contributed by atoms with Crippen molar-refractivity contribution in [3.8, 4) is 0 Å². The summed E-state index contributed by atoms with van der Waals surface area (Å²) in [5.74, 6) is 0. The molecular formula is C13H22ClN3O5S. The molecule has 0 radical (unpaired) electrons. The fourth-order valence-corrected chi connectivity index (χ4v) is 3.48. The fraction of sp³-hybridized carbons (Fsp3) is 0.538. The van der Waals surface area contributed by atoms with E-state index in [0.717, 1.165) is 0 Å². The minimum atomic E-state index is -3.94. The van der Waals surface area contributed by atoms with Crippen molar-refractivity contribution in [1.82, 2.24) is 10.0 Å². The zero-order valence-corrected chi connectivity index (χ0v) is 14.9. The Hall–Kier alpha value is -1.26. The van der Waals surface area contributed by atoms with Gasteiger partial charge in [-0.05, 0) is 19.4 Å². The Bertz CT molecular complexity index is 637. The van der Waals surface area contributed by atoms with Gasteiger partial charge in [-0.1, -0.05) is 12.1 Å². The molecule has 1 rings (SSSR count). The van der Waals surface area contributed by atoms with Crippen LogP contribution >= 0.6 is 12.4 Å². The van der Waals surface area contributed by atoms with Gasteiger partial charge in [0.25, 0.3) is 5.69 Å². The van der Waals surface area contributed by atoms with Crippen LogP contribution in [0.3, 0.4) is 0 Å². The number of methoxy groups -OCH3 is 1. The molecule has 0 aromatic heterocycles. The van der Waals surface area contributed by atoms with Crippen LogP contribution in [0, 0.1) is 24.0 Å². The molecule has 0 spiro atoms. The van der Waals surface area contributed by atoms with Crippen LogP contribution in [0.4, 0.5) is 5.69 Å². The number of halogens is 1. The van der Waals surface area contributed by atoms with Crippen molar-refractivity contribution in [3.63, 3.8) is 0 Å². The SMILES string of the molecule is COCCNCCNS(=O)(=O)c1c(C)ccc(C)c1[N+](=O)[O-].Cl. The van der Waals surface area contributed by atoms with Crippen LogP contribution < -0.4 is 10.0 Å². The first-order valence-electron chi connectivity index (χ1n) is 6.75. The molecule has 0 amide bonds. The van der Waals surface area contributed by atoms with Crippen LogP contribution in [0.15, 0.2) is 17.0 Å². The van der Waals surface area contributed by atoms with Gasteiger partial charge >= 0.3 is 0 Å². The van der Waals surface area contributed by atoms with Crippen molar-refractivity contribution in [2.24, 2.45) is 0 Å². The molecule has 0 aliphatic carbocycles. The number of benzene rings is 1. The smallest absolute Gasteiger partial charge is 0.292 e. The van der Waals surface area contributed by atoms with E-state index in [1.54, 1.807) is 19.2 Å². The monoisotopic (exact) mass is 367 g/mol. The van der Waals surface area contributed by atoms with Crippen LogP contribution in [-0.2, 0) is 14.8 Å². The van der Waals surface area contributed by atoms with E-state index in [1.165, 1.54) is 13.8 Å². The van der Waals surface area contributed by atoms with E-state index >= 15 is 0 Å². The van der Waals surface area contributed by atoms with E-state index in [-0.39, 0.29) is 29.5 Å². The summed E-state index contributed by atoms with van der Waals surface area (Å²) in [7, 11) is -2.37. The third kappa shape index (κ3) is 6.04. The summed E-state index contributed by atoms with van der Waals surface area (Å²) < 4.78 is 31.9. The highest BCUT2D eigenvalue weighted by Gasteiger charge is 2.29. The molecular weight excluding hydrogens is 346 g/mol. The highest BCUT2D eigenvalue weighted by molar-refractivity contribution is 7.89. The predicted molar refractivity (Wildman–Crippen MR) is 89.8 cm³/mol. The summed E-state index contributed by atoms with van der Waals surface area (Å²) in [4.78, 5) is 10.2. The van der Waals surface area contributed by atoms with Gasteiger partial charge < -0.3 is 10.1 Å². The highest BCUT2D eigenvalue weighted by atomic mass is 35.5. The second-order valence-electron chi connectivity index (χ2n) is 4.77. The summed E-state index contributed by atoms with van der Waals surface area (Å²) >= 11 is 0. The Morgan fingerprint density at radius 3 is 2.35 bits per heavy atom. The Morgan fingerprint density at radius 1 is 1.17 bits per heavy atom. The minimum absolute atomic E-state index is 0. The van der Waals surface area contributed by atoms with Crippen molar-refractivity contribution >= 4 is 28.1 Å². The molecule has 0 fully saturated rings. The number of hydrogen-bond acceptors (Lipinski definition) is 6. The molecule has 0 heterocycles. The van der Waals surface area contributed by atoms with Crippen LogP contribution in [0.25, 0.3) is 0 Å². The maximum Gasteiger partial charge on any atom is 0.292 e. The summed E-state index contributed by atoms with van der Waals surface area (Å²) in [5, 5.41) is 14.2. The van der Waals surface area contributed by atoms with E-state index in [4.69, 9.17) is 4.74 Å². The average molecular weight is 368 g/mol. The Morgan fingerprint density at radius 2 is 1.78 bits per heavy atom. The quantitative estimate of drug-likeness (QED) is 0.385. The summed E-state index contributed by atoms with van der Waals surface area (Å²) in [6.45, 7) is 4.72. The number of nitrogens with one attached hydrogen (secondary N) is 2. The molecule has 2 N–H and O–H groups in total. The normalized spacial score (nSPS) is 11.1. The van der Waals surface area contributed by atoms with Gasteiger partial charge in [0.1, 0.15) is 0 Å². The molecule has 0 atom stereocenters. The van der Waals surface area contributed by atoms with Gasteiger partial charge in [-0.3, -0.25) is 10.1 Å². The Labute approximate surface area is 142 Å². The van der Waals surface area contributed by atoms with Gasteiger partial charge in [0.05, 0.1) is 11.5 Å². The number of aryl methyl sites for hydroxylation is 2. The third-order valence-corrected chi connectivity index (χ3v) is 4.70. The molecule has 132 valence electrons. The van der Waals surface area contributed by atoms with Crippen LogP contribution in [0.5, 0.6) is 0 Å². The summed E-state index contributed by atoms with van der Waals surface area (Å²) in [5.41, 5.74) is 0.283. The number of rotatable bonds is 9. The molecule has 10 heteroatoms. The van der Waals surface area contributed by atoms with Crippen LogP contribution in [0.1, 0.15) is 11.1 Å². The predicted octanol–water partition coefficient (Wildman–Crippen LogP) is 1.15. The zero-order valence-electron chi connectivity index (χ0n) is 13.3. The molecule has 1 aromatic carbocycles. The first kappa shape index (κ1) is 21.7. The molecule has 23 heavy (non-hydrogen) atoms. The number of hydrogen-bond donors (Lipinski definition) is 2. The number of nitro groups is 1. The van der Waals surface area contributed by atoms with Gasteiger partial charge in [0, 0.05) is 32.3 Å². The summed E-state index contributed by atoms with van der Waals surface area (Å²) in [6.07, 6.45) is 0. The fourth-order valence-electron chi connectivity index (χ4n) is 1.98. The van der Waals surface area contributed by atoms with Crippen LogP contribution in [0.2, 0.25) is 0 Å². The van der Waals surface area contributed by atoms with Crippen molar-refractivity contribution in [2.75, 3.05) is 33.4 Å². The lowest BCUT2D eigenvalue weighted by Gasteiger charge is -2.11. The first-order valence-corrected chi connectivity index (χ1v) is 8.23. The maximum atomic E-state index is 12.4. The standard InChI is InChI=1S/C13H21N3O5S.ClH/c1-10-4-5-11(2)13(12(10)16(17)18)22(19,20)15-7-6-14-8-9-21-3;/h4-5,14-15H,6-9H2,1-3H3;1H. The molecule has 0 saturated heterocycles. The van der Waals surface area contributed by atoms with Crippen molar-refractivity contribution in [2.45, 2.75) is 18.7 Å². The van der Waals surface area contributed by atoms with Gasteiger partial charge in [-0.2, -0.15) is 0 Å². The molecule has 0 bridgehead atoms. The second-order valence-corrected chi connectivity index (χ2v) is 6.48. The minimum Gasteiger partial charge on any atom is -0.383 e. The Balaban J connectivity index is 0.00000484. The van der Waals surface area contributed by atoms with Crippen molar-refractivity contribution in [1.29, 1.82) is 0 Å². The topological polar surface area (TPSA) is 111 Å². The molecule has 8 nitrogen and oxygen atoms in total.